The molecule has 0 aliphatic rings. The molecular formula is C31H29FO3. The Morgan fingerprint density at radius 3 is 1.89 bits per heavy atom. The summed E-state index contributed by atoms with van der Waals surface area (Å²) in [5.41, 5.74) is 5.98. The molecule has 0 spiro atoms. The van der Waals surface area contributed by atoms with Crippen LogP contribution >= 0.6 is 0 Å². The summed E-state index contributed by atoms with van der Waals surface area (Å²) >= 11 is 0. The quantitative estimate of drug-likeness (QED) is 0.195. The lowest BCUT2D eigenvalue weighted by molar-refractivity contribution is 0.0889. The zero-order valence-corrected chi connectivity index (χ0v) is 19.6. The molecule has 0 fully saturated rings. The molecule has 4 rings (SSSR count). The summed E-state index contributed by atoms with van der Waals surface area (Å²) in [6, 6.07) is 34.4. The Hall–Kier alpha value is -3.73. The first-order chi connectivity index (χ1) is 17.2. The van der Waals surface area contributed by atoms with Crippen LogP contribution in [0.4, 0.5) is 4.39 Å². The summed E-state index contributed by atoms with van der Waals surface area (Å²) in [6.07, 6.45) is 0.480. The average molecular weight is 469 g/mol. The van der Waals surface area contributed by atoms with E-state index in [1.54, 1.807) is 12.1 Å². The van der Waals surface area contributed by atoms with Gasteiger partial charge in [0.1, 0.15) is 18.2 Å². The number of aliphatic hydroxyl groups excluding tert-OH is 1. The van der Waals surface area contributed by atoms with Gasteiger partial charge in [0.25, 0.3) is 0 Å². The molecule has 0 saturated heterocycles. The van der Waals surface area contributed by atoms with E-state index in [9.17, 15) is 9.50 Å². The van der Waals surface area contributed by atoms with Crippen molar-refractivity contribution in [1.82, 2.24) is 0 Å². The van der Waals surface area contributed by atoms with E-state index in [0.717, 1.165) is 39.1 Å². The largest absolute Gasteiger partial charge is 0.491 e. The number of aliphatic hydroxyl groups is 1. The van der Waals surface area contributed by atoms with Crippen molar-refractivity contribution in [3.63, 3.8) is 0 Å². The van der Waals surface area contributed by atoms with E-state index >= 15 is 0 Å². The molecule has 0 atom stereocenters. The molecule has 35 heavy (non-hydrogen) atoms. The number of hydrogen-bond donors (Lipinski definition) is 1. The van der Waals surface area contributed by atoms with Gasteiger partial charge in [0.2, 0.25) is 0 Å². The maximum absolute atomic E-state index is 13.7. The fourth-order valence-corrected chi connectivity index (χ4v) is 4.00. The Balaban J connectivity index is 1.52. The molecule has 0 amide bonds. The van der Waals surface area contributed by atoms with Crippen LogP contribution in [0.5, 0.6) is 5.75 Å². The first-order valence-corrected chi connectivity index (χ1v) is 11.7. The summed E-state index contributed by atoms with van der Waals surface area (Å²) < 4.78 is 25.2. The lowest BCUT2D eigenvalue weighted by Gasteiger charge is -2.17. The van der Waals surface area contributed by atoms with Crippen molar-refractivity contribution in [2.75, 3.05) is 19.8 Å². The van der Waals surface area contributed by atoms with Crippen molar-refractivity contribution < 1.29 is 19.0 Å². The SMILES string of the molecule is OCCC(=C(c1ccc(F)cc1)c1ccc(OCCOCc2ccccc2)cc1)c1ccccc1. The molecule has 4 heteroatoms. The van der Waals surface area contributed by atoms with Gasteiger partial charge in [-0.3, -0.25) is 0 Å². The van der Waals surface area contributed by atoms with Gasteiger partial charge < -0.3 is 14.6 Å². The van der Waals surface area contributed by atoms with Crippen molar-refractivity contribution in [2.24, 2.45) is 0 Å². The van der Waals surface area contributed by atoms with E-state index in [4.69, 9.17) is 9.47 Å². The Bertz CT molecular complexity index is 1200. The van der Waals surface area contributed by atoms with E-state index < -0.39 is 0 Å². The normalized spacial score (nSPS) is 11.7. The highest BCUT2D eigenvalue weighted by molar-refractivity contribution is 5.98. The van der Waals surface area contributed by atoms with Gasteiger partial charge >= 0.3 is 0 Å². The molecule has 0 aliphatic heterocycles. The lowest BCUT2D eigenvalue weighted by atomic mass is 9.88. The Labute approximate surface area is 206 Å². The number of benzene rings is 4. The molecule has 0 heterocycles. The van der Waals surface area contributed by atoms with E-state index in [-0.39, 0.29) is 12.4 Å². The van der Waals surface area contributed by atoms with E-state index in [1.165, 1.54) is 12.1 Å². The first-order valence-electron chi connectivity index (χ1n) is 11.7. The fraction of sp³-hybridized carbons (Fsp3) is 0.161. The highest BCUT2D eigenvalue weighted by Crippen LogP contribution is 2.35. The molecule has 0 radical (unpaired) electrons. The fourth-order valence-electron chi connectivity index (χ4n) is 4.00. The van der Waals surface area contributed by atoms with E-state index in [1.807, 2.05) is 84.9 Å². The Morgan fingerprint density at radius 2 is 1.26 bits per heavy atom. The van der Waals surface area contributed by atoms with Crippen molar-refractivity contribution >= 4 is 11.1 Å². The van der Waals surface area contributed by atoms with Crippen LogP contribution in [0.15, 0.2) is 109 Å². The van der Waals surface area contributed by atoms with Gasteiger partial charge in [-0.05, 0) is 64.1 Å². The third-order valence-electron chi connectivity index (χ3n) is 5.67. The van der Waals surface area contributed by atoms with Crippen molar-refractivity contribution in [1.29, 1.82) is 0 Å². The third kappa shape index (κ3) is 6.89. The minimum atomic E-state index is -0.283. The summed E-state index contributed by atoms with van der Waals surface area (Å²) in [5, 5.41) is 9.82. The molecule has 0 unspecified atom stereocenters. The second-order valence-corrected chi connectivity index (χ2v) is 8.11. The smallest absolute Gasteiger partial charge is 0.123 e. The second kappa shape index (κ2) is 12.7. The highest BCUT2D eigenvalue weighted by Gasteiger charge is 2.14. The van der Waals surface area contributed by atoms with Crippen LogP contribution in [0.25, 0.3) is 11.1 Å². The zero-order valence-electron chi connectivity index (χ0n) is 19.6. The van der Waals surface area contributed by atoms with Gasteiger partial charge in [0, 0.05) is 6.61 Å². The molecule has 4 aromatic carbocycles. The van der Waals surface area contributed by atoms with Crippen LogP contribution in [0.2, 0.25) is 0 Å². The van der Waals surface area contributed by atoms with Crippen LogP contribution in [0, 0.1) is 5.82 Å². The predicted octanol–water partition coefficient (Wildman–Crippen LogP) is 6.76. The average Bonchev–Trinajstić information content (AvgIpc) is 2.91. The van der Waals surface area contributed by atoms with Crippen LogP contribution in [0.3, 0.4) is 0 Å². The minimum Gasteiger partial charge on any atom is -0.491 e. The van der Waals surface area contributed by atoms with Gasteiger partial charge in [-0.25, -0.2) is 4.39 Å². The van der Waals surface area contributed by atoms with Crippen molar-refractivity contribution in [3.05, 3.63) is 137 Å². The predicted molar refractivity (Wildman–Crippen MR) is 138 cm³/mol. The summed E-state index contributed by atoms with van der Waals surface area (Å²) in [4.78, 5) is 0. The van der Waals surface area contributed by atoms with Gasteiger partial charge in [-0.15, -0.1) is 0 Å². The van der Waals surface area contributed by atoms with Crippen LogP contribution in [0.1, 0.15) is 28.7 Å². The lowest BCUT2D eigenvalue weighted by Crippen LogP contribution is -2.06. The van der Waals surface area contributed by atoms with Gasteiger partial charge in [-0.1, -0.05) is 84.9 Å². The monoisotopic (exact) mass is 468 g/mol. The first kappa shape index (κ1) is 24.4. The van der Waals surface area contributed by atoms with E-state index in [2.05, 4.69) is 0 Å². The number of ether oxygens (including phenoxy) is 2. The molecule has 0 saturated carbocycles. The van der Waals surface area contributed by atoms with Crippen LogP contribution in [-0.2, 0) is 11.3 Å². The van der Waals surface area contributed by atoms with Gasteiger partial charge in [0.15, 0.2) is 0 Å². The summed E-state index contributed by atoms with van der Waals surface area (Å²) in [7, 11) is 0. The molecule has 0 aliphatic carbocycles. The molecule has 0 aromatic heterocycles. The summed E-state index contributed by atoms with van der Waals surface area (Å²) in [6.45, 7) is 1.51. The Kier molecular flexibility index (Phi) is 8.82. The third-order valence-corrected chi connectivity index (χ3v) is 5.67. The second-order valence-electron chi connectivity index (χ2n) is 8.11. The number of rotatable bonds is 11. The van der Waals surface area contributed by atoms with Gasteiger partial charge in [-0.2, -0.15) is 0 Å². The molecule has 178 valence electrons. The molecule has 4 aromatic rings. The van der Waals surface area contributed by atoms with E-state index in [0.29, 0.717) is 26.2 Å². The number of halogens is 1. The Morgan fingerprint density at radius 1 is 0.657 bits per heavy atom. The molecule has 1 N–H and O–H groups in total. The van der Waals surface area contributed by atoms with Gasteiger partial charge in [0.05, 0.1) is 13.2 Å². The number of hydrogen-bond acceptors (Lipinski definition) is 3. The maximum atomic E-state index is 13.7. The topological polar surface area (TPSA) is 38.7 Å². The molecule has 0 bridgehead atoms. The van der Waals surface area contributed by atoms with Crippen molar-refractivity contribution in [2.45, 2.75) is 13.0 Å². The van der Waals surface area contributed by atoms with Crippen molar-refractivity contribution in [3.8, 4) is 5.75 Å². The highest BCUT2D eigenvalue weighted by atomic mass is 19.1. The molecular weight excluding hydrogens is 439 g/mol. The summed E-state index contributed by atoms with van der Waals surface area (Å²) in [5.74, 6) is 0.466. The standard InChI is InChI=1S/C31H29FO3/c32-28-15-11-26(12-16-28)31(30(19-20-33)25-9-5-2-6-10-25)27-13-17-29(18-14-27)35-22-21-34-23-24-7-3-1-4-8-24/h1-18,33H,19-23H2. The molecule has 3 nitrogen and oxygen atoms in total. The minimum absolute atomic E-state index is 0.0130. The zero-order chi connectivity index (χ0) is 24.3. The van der Waals surface area contributed by atoms with Crippen LogP contribution in [-0.4, -0.2) is 24.9 Å². The maximum Gasteiger partial charge on any atom is 0.123 e. The van der Waals surface area contributed by atoms with Crippen LogP contribution < -0.4 is 4.74 Å².